The standard InChI is InChI=1S/C15H20N8O/c24-14(12-4-1-2-7-23-13(12)18-19-20-23)21-8-10-22(11-9-21)15-16-5-3-6-17-15/h3,5-6,12H,1-2,4,7-11H2. The molecular weight excluding hydrogens is 308 g/mol. The number of hydrogen-bond acceptors (Lipinski definition) is 7. The molecule has 2 aromatic heterocycles. The van der Waals surface area contributed by atoms with E-state index in [4.69, 9.17) is 0 Å². The molecule has 4 rings (SSSR count). The van der Waals surface area contributed by atoms with Crippen LogP contribution < -0.4 is 4.90 Å². The molecule has 24 heavy (non-hydrogen) atoms. The predicted molar refractivity (Wildman–Crippen MR) is 85.2 cm³/mol. The van der Waals surface area contributed by atoms with E-state index in [-0.39, 0.29) is 11.8 Å². The highest BCUT2D eigenvalue weighted by Gasteiger charge is 2.33. The predicted octanol–water partition coefficient (Wildman–Crippen LogP) is 0.0794. The Morgan fingerprint density at radius 2 is 1.83 bits per heavy atom. The fraction of sp³-hybridized carbons (Fsp3) is 0.600. The van der Waals surface area contributed by atoms with E-state index in [0.717, 1.165) is 44.8 Å². The second-order valence-corrected chi connectivity index (χ2v) is 6.17. The molecule has 0 saturated carbocycles. The van der Waals surface area contributed by atoms with Gasteiger partial charge in [-0.2, -0.15) is 0 Å². The van der Waals surface area contributed by atoms with E-state index in [0.29, 0.717) is 18.9 Å². The van der Waals surface area contributed by atoms with E-state index < -0.39 is 0 Å². The number of aryl methyl sites for hydroxylation is 1. The van der Waals surface area contributed by atoms with Gasteiger partial charge in [0.05, 0.1) is 5.92 Å². The van der Waals surface area contributed by atoms with E-state index >= 15 is 0 Å². The van der Waals surface area contributed by atoms with Crippen LogP contribution in [-0.2, 0) is 11.3 Å². The smallest absolute Gasteiger partial charge is 0.233 e. The van der Waals surface area contributed by atoms with Crippen molar-refractivity contribution in [2.45, 2.75) is 31.7 Å². The lowest BCUT2D eigenvalue weighted by atomic mass is 10.0. The van der Waals surface area contributed by atoms with Gasteiger partial charge in [-0.3, -0.25) is 4.79 Å². The molecule has 4 heterocycles. The molecule has 1 atom stereocenters. The Hall–Kier alpha value is -2.58. The van der Waals surface area contributed by atoms with Crippen LogP contribution in [0.1, 0.15) is 31.0 Å². The van der Waals surface area contributed by atoms with Gasteiger partial charge in [0.2, 0.25) is 11.9 Å². The van der Waals surface area contributed by atoms with Crippen molar-refractivity contribution < 1.29 is 4.79 Å². The van der Waals surface area contributed by atoms with Crippen molar-refractivity contribution in [2.75, 3.05) is 31.1 Å². The average molecular weight is 328 g/mol. The number of amides is 1. The van der Waals surface area contributed by atoms with Crippen LogP contribution in [0.15, 0.2) is 18.5 Å². The molecule has 0 radical (unpaired) electrons. The molecule has 2 aromatic rings. The fourth-order valence-corrected chi connectivity index (χ4v) is 3.40. The van der Waals surface area contributed by atoms with Crippen molar-refractivity contribution in [3.8, 4) is 0 Å². The summed E-state index contributed by atoms with van der Waals surface area (Å²) < 4.78 is 1.78. The third-order valence-corrected chi connectivity index (χ3v) is 4.71. The SMILES string of the molecule is O=C(C1CCCCn2nnnc21)N1CCN(c2ncccn2)CC1. The summed E-state index contributed by atoms with van der Waals surface area (Å²) in [6, 6.07) is 1.81. The molecule has 9 heteroatoms. The minimum Gasteiger partial charge on any atom is -0.339 e. The van der Waals surface area contributed by atoms with Crippen LogP contribution in [0.4, 0.5) is 5.95 Å². The van der Waals surface area contributed by atoms with Crippen LogP contribution in [0.25, 0.3) is 0 Å². The minimum absolute atomic E-state index is 0.140. The largest absolute Gasteiger partial charge is 0.339 e. The van der Waals surface area contributed by atoms with Gasteiger partial charge in [-0.1, -0.05) is 6.42 Å². The monoisotopic (exact) mass is 328 g/mol. The van der Waals surface area contributed by atoms with E-state index in [1.54, 1.807) is 23.1 Å². The Morgan fingerprint density at radius 3 is 2.62 bits per heavy atom. The molecule has 0 bridgehead atoms. The molecule has 0 spiro atoms. The summed E-state index contributed by atoms with van der Waals surface area (Å²) in [6.07, 6.45) is 6.33. The zero-order valence-corrected chi connectivity index (χ0v) is 13.5. The molecule has 0 aromatic carbocycles. The van der Waals surface area contributed by atoms with Crippen LogP contribution in [0.2, 0.25) is 0 Å². The summed E-state index contributed by atoms with van der Waals surface area (Å²) in [7, 11) is 0. The highest BCUT2D eigenvalue weighted by atomic mass is 16.2. The third kappa shape index (κ3) is 2.81. The number of fused-ring (bicyclic) bond motifs is 1. The van der Waals surface area contributed by atoms with Crippen molar-refractivity contribution in [1.29, 1.82) is 0 Å². The first-order valence-corrected chi connectivity index (χ1v) is 8.40. The van der Waals surface area contributed by atoms with Gasteiger partial charge in [-0.25, -0.2) is 14.6 Å². The first-order valence-electron chi connectivity index (χ1n) is 8.40. The van der Waals surface area contributed by atoms with E-state index in [9.17, 15) is 4.79 Å². The lowest BCUT2D eigenvalue weighted by Gasteiger charge is -2.36. The fourth-order valence-electron chi connectivity index (χ4n) is 3.40. The van der Waals surface area contributed by atoms with Gasteiger partial charge in [0.1, 0.15) is 0 Å². The summed E-state index contributed by atoms with van der Waals surface area (Å²) in [5.74, 6) is 1.36. The number of aromatic nitrogens is 6. The zero-order chi connectivity index (χ0) is 16.4. The Kier molecular flexibility index (Phi) is 4.06. The summed E-state index contributed by atoms with van der Waals surface area (Å²) in [4.78, 5) is 25.6. The summed E-state index contributed by atoms with van der Waals surface area (Å²) in [5, 5.41) is 11.8. The average Bonchev–Trinajstić information content (AvgIpc) is 3.01. The lowest BCUT2D eigenvalue weighted by Crippen LogP contribution is -2.50. The maximum Gasteiger partial charge on any atom is 0.233 e. The van der Waals surface area contributed by atoms with Gasteiger partial charge in [0, 0.05) is 45.1 Å². The zero-order valence-electron chi connectivity index (χ0n) is 13.5. The van der Waals surface area contributed by atoms with Gasteiger partial charge >= 0.3 is 0 Å². The number of carbonyl (C=O) groups is 1. The van der Waals surface area contributed by atoms with Crippen LogP contribution in [0.3, 0.4) is 0 Å². The molecule has 1 fully saturated rings. The molecule has 0 aliphatic carbocycles. The van der Waals surface area contributed by atoms with Crippen LogP contribution >= 0.6 is 0 Å². The molecule has 126 valence electrons. The number of nitrogens with zero attached hydrogens (tertiary/aromatic N) is 8. The van der Waals surface area contributed by atoms with Gasteiger partial charge in [-0.15, -0.1) is 5.10 Å². The molecule has 9 nitrogen and oxygen atoms in total. The van der Waals surface area contributed by atoms with Gasteiger partial charge in [-0.05, 0) is 29.3 Å². The minimum atomic E-state index is -0.220. The number of piperazine rings is 1. The van der Waals surface area contributed by atoms with Crippen LogP contribution in [-0.4, -0.2) is 67.2 Å². The van der Waals surface area contributed by atoms with Gasteiger partial charge in [0.25, 0.3) is 0 Å². The summed E-state index contributed by atoms with van der Waals surface area (Å²) in [5.41, 5.74) is 0. The molecule has 1 saturated heterocycles. The number of hydrogen-bond donors (Lipinski definition) is 0. The topological polar surface area (TPSA) is 92.9 Å². The maximum atomic E-state index is 13.0. The summed E-state index contributed by atoms with van der Waals surface area (Å²) in [6.45, 7) is 3.64. The number of carbonyl (C=O) groups excluding carboxylic acids is 1. The van der Waals surface area contributed by atoms with Crippen molar-refractivity contribution in [2.24, 2.45) is 0 Å². The molecule has 1 amide bonds. The second-order valence-electron chi connectivity index (χ2n) is 6.17. The first kappa shape index (κ1) is 15.0. The third-order valence-electron chi connectivity index (χ3n) is 4.71. The molecule has 2 aliphatic rings. The van der Waals surface area contributed by atoms with Crippen molar-refractivity contribution in [3.05, 3.63) is 24.3 Å². The number of tetrazole rings is 1. The van der Waals surface area contributed by atoms with Crippen molar-refractivity contribution >= 4 is 11.9 Å². The first-order chi connectivity index (χ1) is 11.8. The highest BCUT2D eigenvalue weighted by Crippen LogP contribution is 2.26. The number of anilines is 1. The number of rotatable bonds is 2. The summed E-state index contributed by atoms with van der Waals surface area (Å²) >= 11 is 0. The van der Waals surface area contributed by atoms with Gasteiger partial charge in [0.15, 0.2) is 5.82 Å². The van der Waals surface area contributed by atoms with E-state index in [1.165, 1.54) is 0 Å². The van der Waals surface area contributed by atoms with E-state index in [2.05, 4.69) is 30.4 Å². The quantitative estimate of drug-likeness (QED) is 0.770. The Bertz CT molecular complexity index is 695. The van der Waals surface area contributed by atoms with Gasteiger partial charge < -0.3 is 9.80 Å². The molecule has 2 aliphatic heterocycles. The normalized spacial score (nSPS) is 21.2. The molecule has 0 N–H and O–H groups in total. The highest BCUT2D eigenvalue weighted by molar-refractivity contribution is 5.83. The Balaban J connectivity index is 1.44. The van der Waals surface area contributed by atoms with Crippen LogP contribution in [0, 0.1) is 0 Å². The van der Waals surface area contributed by atoms with Crippen LogP contribution in [0.5, 0.6) is 0 Å². The Morgan fingerprint density at radius 1 is 1.04 bits per heavy atom. The molecule has 1 unspecified atom stereocenters. The Labute approximate surface area is 139 Å². The van der Waals surface area contributed by atoms with E-state index in [1.807, 2.05) is 4.90 Å². The van der Waals surface area contributed by atoms with Crippen molar-refractivity contribution in [3.63, 3.8) is 0 Å². The molecular formula is C15H20N8O. The maximum absolute atomic E-state index is 13.0. The lowest BCUT2D eigenvalue weighted by molar-refractivity contribution is -0.133. The second kappa shape index (κ2) is 6.50. The van der Waals surface area contributed by atoms with Crippen molar-refractivity contribution in [1.82, 2.24) is 35.1 Å².